The van der Waals surface area contributed by atoms with Gasteiger partial charge in [-0.05, 0) is 25.7 Å². The van der Waals surface area contributed by atoms with Crippen LogP contribution < -0.4 is 5.32 Å². The van der Waals surface area contributed by atoms with Gasteiger partial charge in [0.2, 0.25) is 0 Å². The Morgan fingerprint density at radius 3 is 2.60 bits per heavy atom. The van der Waals surface area contributed by atoms with Gasteiger partial charge in [-0.1, -0.05) is 0 Å². The first-order chi connectivity index (χ1) is 9.29. The number of carboxylic acid groups (broad SMARTS) is 1. The third-order valence-electron chi connectivity index (χ3n) is 3.21. The molecule has 1 saturated heterocycles. The van der Waals surface area contributed by atoms with Gasteiger partial charge in [0, 0.05) is 25.6 Å². The second-order valence-electron chi connectivity index (χ2n) is 4.89. The molecule has 8 heteroatoms. The van der Waals surface area contributed by atoms with Crippen molar-refractivity contribution in [2.45, 2.75) is 50.7 Å². The number of hydrogen-bond donors (Lipinski definition) is 2. The largest absolute Gasteiger partial charge is 0.481 e. The molecule has 20 heavy (non-hydrogen) atoms. The molecule has 1 rings (SSSR count). The summed E-state index contributed by atoms with van der Waals surface area (Å²) in [6.45, 7) is 0.664. The van der Waals surface area contributed by atoms with Gasteiger partial charge in [0.25, 0.3) is 0 Å². The fourth-order valence-corrected chi connectivity index (χ4v) is 2.26. The van der Waals surface area contributed by atoms with E-state index in [0.29, 0.717) is 13.0 Å². The highest BCUT2D eigenvalue weighted by Gasteiger charge is 2.30. The summed E-state index contributed by atoms with van der Waals surface area (Å²) < 4.78 is 35.7. The fourth-order valence-electron chi connectivity index (χ4n) is 2.26. The van der Waals surface area contributed by atoms with Crippen molar-refractivity contribution in [1.29, 1.82) is 0 Å². The first-order valence-corrected chi connectivity index (χ1v) is 6.62. The Balaban J connectivity index is 2.23. The summed E-state index contributed by atoms with van der Waals surface area (Å²) in [5, 5.41) is 11.3. The van der Waals surface area contributed by atoms with Crippen LogP contribution in [0.5, 0.6) is 0 Å². The van der Waals surface area contributed by atoms with E-state index in [1.165, 1.54) is 4.90 Å². The van der Waals surface area contributed by atoms with Crippen molar-refractivity contribution in [3.63, 3.8) is 0 Å². The van der Waals surface area contributed by atoms with Crippen LogP contribution in [0.25, 0.3) is 0 Å². The topological polar surface area (TPSA) is 69.6 Å². The maximum Gasteiger partial charge on any atom is 0.389 e. The van der Waals surface area contributed by atoms with Gasteiger partial charge >= 0.3 is 18.2 Å². The van der Waals surface area contributed by atoms with Gasteiger partial charge in [0.1, 0.15) is 0 Å². The molecule has 0 aliphatic carbocycles. The van der Waals surface area contributed by atoms with Crippen LogP contribution in [0.4, 0.5) is 18.0 Å². The van der Waals surface area contributed by atoms with Gasteiger partial charge in [-0.15, -0.1) is 0 Å². The van der Waals surface area contributed by atoms with Gasteiger partial charge in [-0.25, -0.2) is 4.79 Å². The SMILES string of the molecule is O=C(O)CC1CCCN1C(=O)NCCCCC(F)(F)F. The van der Waals surface area contributed by atoms with Crippen molar-refractivity contribution in [2.75, 3.05) is 13.1 Å². The Kier molecular flexibility index (Phi) is 6.09. The highest BCUT2D eigenvalue weighted by atomic mass is 19.4. The van der Waals surface area contributed by atoms with E-state index in [1.54, 1.807) is 0 Å². The molecule has 0 saturated carbocycles. The van der Waals surface area contributed by atoms with Gasteiger partial charge in [0.15, 0.2) is 0 Å². The zero-order valence-corrected chi connectivity index (χ0v) is 11.1. The summed E-state index contributed by atoms with van der Waals surface area (Å²) in [6, 6.07) is -0.705. The third-order valence-corrected chi connectivity index (χ3v) is 3.21. The molecule has 0 aromatic rings. The summed E-state index contributed by atoms with van der Waals surface area (Å²) in [6.07, 6.45) is -3.49. The number of aliphatic carboxylic acids is 1. The van der Waals surface area contributed by atoms with Crippen molar-refractivity contribution in [3.05, 3.63) is 0 Å². The molecule has 0 aromatic carbocycles. The summed E-state index contributed by atoms with van der Waals surface area (Å²) in [5.41, 5.74) is 0. The summed E-state index contributed by atoms with van der Waals surface area (Å²) in [7, 11) is 0. The normalized spacial score (nSPS) is 19.1. The summed E-state index contributed by atoms with van der Waals surface area (Å²) >= 11 is 0. The number of likely N-dealkylation sites (tertiary alicyclic amines) is 1. The van der Waals surface area contributed by atoms with E-state index in [2.05, 4.69) is 5.32 Å². The molecule has 1 heterocycles. The second kappa shape index (κ2) is 7.35. The summed E-state index contributed by atoms with van der Waals surface area (Å²) in [4.78, 5) is 23.9. The Labute approximate surface area is 115 Å². The molecular formula is C12H19F3N2O3. The van der Waals surface area contributed by atoms with Crippen LogP contribution in [0.2, 0.25) is 0 Å². The zero-order chi connectivity index (χ0) is 15.2. The fraction of sp³-hybridized carbons (Fsp3) is 0.833. The molecule has 1 aliphatic rings. The quantitative estimate of drug-likeness (QED) is 0.739. The van der Waals surface area contributed by atoms with Gasteiger partial charge < -0.3 is 15.3 Å². The Morgan fingerprint density at radius 1 is 1.30 bits per heavy atom. The van der Waals surface area contributed by atoms with Crippen LogP contribution in [0.15, 0.2) is 0 Å². The lowest BCUT2D eigenvalue weighted by atomic mass is 10.1. The molecule has 0 radical (unpaired) electrons. The van der Waals surface area contributed by atoms with E-state index in [0.717, 1.165) is 6.42 Å². The Hall–Kier alpha value is -1.47. The van der Waals surface area contributed by atoms with E-state index < -0.39 is 18.6 Å². The first kappa shape index (κ1) is 16.6. The lowest BCUT2D eigenvalue weighted by molar-refractivity contribution is -0.138. The van der Waals surface area contributed by atoms with E-state index in [1.807, 2.05) is 0 Å². The van der Waals surface area contributed by atoms with Gasteiger partial charge in [-0.3, -0.25) is 4.79 Å². The number of halogens is 3. The maximum atomic E-state index is 11.9. The molecule has 5 nitrogen and oxygen atoms in total. The molecule has 2 amide bonds. The van der Waals surface area contributed by atoms with Crippen LogP contribution >= 0.6 is 0 Å². The highest BCUT2D eigenvalue weighted by molar-refractivity contribution is 5.76. The minimum Gasteiger partial charge on any atom is -0.481 e. The average molecular weight is 296 g/mol. The number of nitrogens with zero attached hydrogens (tertiary/aromatic N) is 1. The van der Waals surface area contributed by atoms with Crippen molar-refractivity contribution in [2.24, 2.45) is 0 Å². The van der Waals surface area contributed by atoms with Crippen LogP contribution in [0, 0.1) is 0 Å². The van der Waals surface area contributed by atoms with E-state index in [9.17, 15) is 22.8 Å². The number of rotatable bonds is 6. The zero-order valence-electron chi connectivity index (χ0n) is 11.1. The molecule has 2 N–H and O–H groups in total. The lowest BCUT2D eigenvalue weighted by Crippen LogP contribution is -2.43. The minimum atomic E-state index is -4.16. The number of unbranched alkanes of at least 4 members (excludes halogenated alkanes) is 1. The molecule has 1 aliphatic heterocycles. The van der Waals surface area contributed by atoms with Crippen molar-refractivity contribution < 1.29 is 27.9 Å². The Bertz CT molecular complexity index is 347. The number of carboxylic acids is 1. The van der Waals surface area contributed by atoms with Gasteiger partial charge in [0.05, 0.1) is 6.42 Å². The molecule has 116 valence electrons. The number of amides is 2. The number of hydrogen-bond acceptors (Lipinski definition) is 2. The number of carbonyl (C=O) groups excluding carboxylic acids is 1. The Morgan fingerprint density at radius 2 is 2.00 bits per heavy atom. The van der Waals surface area contributed by atoms with E-state index >= 15 is 0 Å². The molecular weight excluding hydrogens is 277 g/mol. The maximum absolute atomic E-state index is 11.9. The van der Waals surface area contributed by atoms with Crippen LogP contribution in [-0.2, 0) is 4.79 Å². The number of urea groups is 1. The highest BCUT2D eigenvalue weighted by Crippen LogP contribution is 2.22. The minimum absolute atomic E-state index is 0.0255. The third kappa shape index (κ3) is 6.12. The van der Waals surface area contributed by atoms with Crippen molar-refractivity contribution in [1.82, 2.24) is 10.2 Å². The smallest absolute Gasteiger partial charge is 0.389 e. The molecule has 1 fully saturated rings. The van der Waals surface area contributed by atoms with E-state index in [-0.39, 0.29) is 37.9 Å². The lowest BCUT2D eigenvalue weighted by Gasteiger charge is -2.23. The van der Waals surface area contributed by atoms with Crippen LogP contribution in [-0.4, -0.2) is 47.3 Å². The van der Waals surface area contributed by atoms with E-state index in [4.69, 9.17) is 5.11 Å². The monoisotopic (exact) mass is 296 g/mol. The van der Waals surface area contributed by atoms with Crippen LogP contribution in [0.3, 0.4) is 0 Å². The second-order valence-corrected chi connectivity index (χ2v) is 4.89. The first-order valence-electron chi connectivity index (χ1n) is 6.62. The molecule has 1 unspecified atom stereocenters. The van der Waals surface area contributed by atoms with Gasteiger partial charge in [-0.2, -0.15) is 13.2 Å². The molecule has 0 spiro atoms. The predicted molar refractivity (Wildman–Crippen MR) is 65.3 cm³/mol. The van der Waals surface area contributed by atoms with Crippen molar-refractivity contribution in [3.8, 4) is 0 Å². The molecule has 0 bridgehead atoms. The number of nitrogens with one attached hydrogen (secondary N) is 1. The van der Waals surface area contributed by atoms with Crippen molar-refractivity contribution >= 4 is 12.0 Å². The molecule has 1 atom stereocenters. The predicted octanol–water partition coefficient (Wildman–Crippen LogP) is 2.37. The average Bonchev–Trinajstić information content (AvgIpc) is 2.74. The summed E-state index contributed by atoms with van der Waals surface area (Å²) in [5.74, 6) is -0.958. The standard InChI is InChI=1S/C12H19F3N2O3/c13-12(14,15)5-1-2-6-16-11(20)17-7-3-4-9(17)8-10(18)19/h9H,1-8H2,(H,16,20)(H,18,19). The van der Waals surface area contributed by atoms with Crippen LogP contribution in [0.1, 0.15) is 38.5 Å². The number of alkyl halides is 3. The molecule has 0 aromatic heterocycles. The number of carbonyl (C=O) groups is 2.